The van der Waals surface area contributed by atoms with Gasteiger partial charge >= 0.3 is 0 Å². The van der Waals surface area contributed by atoms with Crippen molar-refractivity contribution in [3.63, 3.8) is 0 Å². The summed E-state index contributed by atoms with van der Waals surface area (Å²) in [7, 11) is -2.59. The van der Waals surface area contributed by atoms with Crippen LogP contribution in [0.1, 0.15) is 30.0 Å². The first-order valence-electron chi connectivity index (χ1n) is 12.0. The molecule has 196 valence electrons. The van der Waals surface area contributed by atoms with Crippen LogP contribution in [-0.4, -0.2) is 44.8 Å². The van der Waals surface area contributed by atoms with E-state index in [1.165, 1.54) is 24.1 Å². The number of sulfonamides is 1. The number of anilines is 1. The average Bonchev–Trinajstić information content (AvgIpc) is 2.88. The van der Waals surface area contributed by atoms with Crippen molar-refractivity contribution in [2.45, 2.75) is 44.7 Å². The van der Waals surface area contributed by atoms with E-state index in [1.54, 1.807) is 61.5 Å². The Balaban J connectivity index is 2.07. The lowest BCUT2D eigenvalue weighted by Crippen LogP contribution is -2.51. The number of carbonyl (C=O) groups excluding carboxylic acids is 2. The van der Waals surface area contributed by atoms with Gasteiger partial charge in [0, 0.05) is 18.6 Å². The van der Waals surface area contributed by atoms with Crippen molar-refractivity contribution in [2.24, 2.45) is 0 Å². The molecule has 0 heterocycles. The van der Waals surface area contributed by atoms with Crippen LogP contribution in [0.15, 0.2) is 77.7 Å². The zero-order valence-electron chi connectivity index (χ0n) is 21.4. The minimum Gasteiger partial charge on any atom is -0.357 e. The van der Waals surface area contributed by atoms with Crippen LogP contribution in [-0.2, 0) is 26.2 Å². The maximum atomic E-state index is 13.9. The third kappa shape index (κ3) is 6.70. The minimum absolute atomic E-state index is 0.0523. The molecule has 0 aliphatic rings. The van der Waals surface area contributed by atoms with Gasteiger partial charge in [0.05, 0.1) is 10.6 Å². The van der Waals surface area contributed by atoms with Gasteiger partial charge in [-0.2, -0.15) is 0 Å². The molecule has 0 saturated carbocycles. The number of hydrogen-bond donors (Lipinski definition) is 1. The molecule has 9 heteroatoms. The Morgan fingerprint density at radius 1 is 0.946 bits per heavy atom. The molecule has 1 atom stereocenters. The number of likely N-dealkylation sites (N-methyl/N-ethyl adjacent to an activating group) is 1. The predicted octanol–water partition coefficient (Wildman–Crippen LogP) is 4.71. The highest BCUT2D eigenvalue weighted by Gasteiger charge is 2.33. The summed E-state index contributed by atoms with van der Waals surface area (Å²) in [4.78, 5) is 28.1. The number of amides is 2. The van der Waals surface area contributed by atoms with Crippen LogP contribution in [0.5, 0.6) is 0 Å². The summed E-state index contributed by atoms with van der Waals surface area (Å²) in [6.07, 6.45) is 0.338. The first kappa shape index (κ1) is 28.2. The molecule has 2 amide bonds. The lowest BCUT2D eigenvalue weighted by molar-refractivity contribution is -0.140. The van der Waals surface area contributed by atoms with Gasteiger partial charge in [-0.15, -0.1) is 0 Å². The summed E-state index contributed by atoms with van der Waals surface area (Å²) >= 11 is 6.37. The molecule has 37 heavy (non-hydrogen) atoms. The molecule has 3 aromatic carbocycles. The molecular formula is C28H32ClN3O4S. The van der Waals surface area contributed by atoms with Gasteiger partial charge in [0.25, 0.3) is 10.0 Å². The third-order valence-corrected chi connectivity index (χ3v) is 8.27. The molecule has 3 aromatic rings. The molecule has 1 N–H and O–H groups in total. The summed E-state index contributed by atoms with van der Waals surface area (Å²) in [6.45, 7) is 5.08. The van der Waals surface area contributed by atoms with E-state index >= 15 is 0 Å². The molecular weight excluding hydrogens is 510 g/mol. The number of benzene rings is 3. The molecule has 0 saturated heterocycles. The maximum Gasteiger partial charge on any atom is 0.264 e. The zero-order chi connectivity index (χ0) is 27.2. The van der Waals surface area contributed by atoms with Gasteiger partial charge in [0.15, 0.2) is 0 Å². The fourth-order valence-corrected chi connectivity index (χ4v) is 5.65. The van der Waals surface area contributed by atoms with Crippen LogP contribution in [0.2, 0.25) is 5.02 Å². The Labute approximate surface area is 224 Å². The maximum absolute atomic E-state index is 13.9. The van der Waals surface area contributed by atoms with Crippen LogP contribution in [0, 0.1) is 13.8 Å². The first-order chi connectivity index (χ1) is 17.6. The molecule has 3 rings (SSSR count). The number of halogens is 1. The second kappa shape index (κ2) is 12.3. The number of nitrogens with one attached hydrogen (secondary N) is 1. The standard InChI is InChI=1S/C28H32ClN3O4S/c1-5-26(28(34)30-4)31(18-22-10-6-7-12-25(22)29)27(33)19-32(23-11-8-9-21(3)17-23)37(35,36)24-15-13-20(2)14-16-24/h6-17,26H,5,18-19H2,1-4H3,(H,30,34)/t26-/m1/s1. The number of nitrogens with zero attached hydrogens (tertiary/aromatic N) is 2. The van der Waals surface area contributed by atoms with Crippen molar-refractivity contribution in [3.05, 3.63) is 94.5 Å². The Hall–Kier alpha value is -3.36. The highest BCUT2D eigenvalue weighted by atomic mass is 35.5. The minimum atomic E-state index is -4.10. The monoisotopic (exact) mass is 541 g/mol. The van der Waals surface area contributed by atoms with E-state index in [9.17, 15) is 18.0 Å². The van der Waals surface area contributed by atoms with Crippen molar-refractivity contribution in [1.29, 1.82) is 0 Å². The Bertz CT molecular complexity index is 1360. The summed E-state index contributed by atoms with van der Waals surface area (Å²) in [6, 6.07) is 19.7. The normalized spacial score (nSPS) is 12.0. The largest absolute Gasteiger partial charge is 0.357 e. The second-order valence-corrected chi connectivity index (χ2v) is 11.1. The predicted molar refractivity (Wildman–Crippen MR) is 147 cm³/mol. The molecule has 0 fully saturated rings. The van der Waals surface area contributed by atoms with Crippen LogP contribution in [0.4, 0.5) is 5.69 Å². The summed E-state index contributed by atoms with van der Waals surface area (Å²) in [5.74, 6) is -0.862. The van der Waals surface area contributed by atoms with E-state index in [2.05, 4.69) is 5.32 Å². The van der Waals surface area contributed by atoms with Gasteiger partial charge in [0.2, 0.25) is 11.8 Å². The number of hydrogen-bond acceptors (Lipinski definition) is 4. The van der Waals surface area contributed by atoms with E-state index in [0.717, 1.165) is 15.4 Å². The summed E-state index contributed by atoms with van der Waals surface area (Å²) < 4.78 is 28.7. The lowest BCUT2D eigenvalue weighted by Gasteiger charge is -2.33. The number of aryl methyl sites for hydroxylation is 2. The van der Waals surface area contributed by atoms with Crippen LogP contribution in [0.3, 0.4) is 0 Å². The Morgan fingerprint density at radius 2 is 1.62 bits per heavy atom. The van der Waals surface area contributed by atoms with E-state index in [0.29, 0.717) is 22.7 Å². The molecule has 0 radical (unpaired) electrons. The highest BCUT2D eigenvalue weighted by Crippen LogP contribution is 2.26. The molecule has 0 bridgehead atoms. The smallest absolute Gasteiger partial charge is 0.264 e. The van der Waals surface area contributed by atoms with E-state index < -0.39 is 28.5 Å². The van der Waals surface area contributed by atoms with Crippen molar-refractivity contribution in [1.82, 2.24) is 10.2 Å². The van der Waals surface area contributed by atoms with Crippen molar-refractivity contribution < 1.29 is 18.0 Å². The second-order valence-electron chi connectivity index (χ2n) is 8.82. The van der Waals surface area contributed by atoms with E-state index in [1.807, 2.05) is 19.9 Å². The average molecular weight is 542 g/mol. The SMILES string of the molecule is CC[C@H](C(=O)NC)N(Cc1ccccc1Cl)C(=O)CN(c1cccc(C)c1)S(=O)(=O)c1ccc(C)cc1. The molecule has 0 aliphatic heterocycles. The zero-order valence-corrected chi connectivity index (χ0v) is 23.0. The molecule has 0 unspecified atom stereocenters. The fourth-order valence-electron chi connectivity index (χ4n) is 4.05. The lowest BCUT2D eigenvalue weighted by atomic mass is 10.1. The Morgan fingerprint density at radius 3 is 2.22 bits per heavy atom. The van der Waals surface area contributed by atoms with Crippen LogP contribution < -0.4 is 9.62 Å². The van der Waals surface area contributed by atoms with Crippen molar-refractivity contribution in [2.75, 3.05) is 17.9 Å². The topological polar surface area (TPSA) is 86.8 Å². The van der Waals surface area contributed by atoms with Gasteiger partial charge in [-0.1, -0.05) is 66.6 Å². The van der Waals surface area contributed by atoms with Gasteiger partial charge in [-0.25, -0.2) is 8.42 Å². The highest BCUT2D eigenvalue weighted by molar-refractivity contribution is 7.92. The third-order valence-electron chi connectivity index (χ3n) is 6.11. The van der Waals surface area contributed by atoms with E-state index in [-0.39, 0.29) is 17.3 Å². The summed E-state index contributed by atoms with van der Waals surface area (Å²) in [5, 5.41) is 3.06. The summed E-state index contributed by atoms with van der Waals surface area (Å²) in [5.41, 5.74) is 2.78. The van der Waals surface area contributed by atoms with Crippen molar-refractivity contribution in [3.8, 4) is 0 Å². The van der Waals surface area contributed by atoms with Crippen LogP contribution in [0.25, 0.3) is 0 Å². The number of rotatable bonds is 10. The quantitative estimate of drug-likeness (QED) is 0.403. The van der Waals surface area contributed by atoms with Crippen molar-refractivity contribution >= 4 is 39.1 Å². The van der Waals surface area contributed by atoms with Gasteiger partial charge < -0.3 is 10.2 Å². The number of carbonyl (C=O) groups is 2. The van der Waals surface area contributed by atoms with Gasteiger partial charge in [-0.3, -0.25) is 13.9 Å². The van der Waals surface area contributed by atoms with Gasteiger partial charge in [0.1, 0.15) is 12.6 Å². The van der Waals surface area contributed by atoms with Gasteiger partial charge in [-0.05, 0) is 61.7 Å². The van der Waals surface area contributed by atoms with Crippen LogP contribution >= 0.6 is 11.6 Å². The molecule has 0 spiro atoms. The molecule has 7 nitrogen and oxygen atoms in total. The van der Waals surface area contributed by atoms with E-state index in [4.69, 9.17) is 11.6 Å². The molecule has 0 aromatic heterocycles. The first-order valence-corrected chi connectivity index (χ1v) is 13.8. The fraction of sp³-hybridized carbons (Fsp3) is 0.286. The molecule has 0 aliphatic carbocycles. The Kier molecular flexibility index (Phi) is 9.34.